The van der Waals surface area contributed by atoms with Crippen molar-refractivity contribution in [2.24, 2.45) is 0 Å². The molecular weight excluding hydrogens is 350 g/mol. The van der Waals surface area contributed by atoms with E-state index in [0.717, 1.165) is 17.0 Å². The first-order valence-corrected chi connectivity index (χ1v) is 9.68. The molecule has 28 heavy (non-hydrogen) atoms. The van der Waals surface area contributed by atoms with Crippen LogP contribution < -0.4 is 5.32 Å². The predicted octanol–water partition coefficient (Wildman–Crippen LogP) is 3.24. The largest absolute Gasteiger partial charge is 0.392 e. The molecule has 1 aliphatic heterocycles. The number of nitrogens with zero attached hydrogens (tertiary/aromatic N) is 2. The Bertz CT molecular complexity index is 991. The van der Waals surface area contributed by atoms with Crippen LogP contribution in [0.2, 0.25) is 0 Å². The number of benzene rings is 2. The van der Waals surface area contributed by atoms with E-state index in [1.807, 2.05) is 24.5 Å². The maximum atomic E-state index is 12.4. The number of hydrogen-bond acceptors (Lipinski definition) is 3. The van der Waals surface area contributed by atoms with Gasteiger partial charge in [-0.1, -0.05) is 54.1 Å². The van der Waals surface area contributed by atoms with Crippen LogP contribution in [0, 0.1) is 6.92 Å². The Morgan fingerprint density at radius 1 is 1.21 bits per heavy atom. The molecule has 144 valence electrons. The molecule has 0 radical (unpaired) electrons. The Kier molecular flexibility index (Phi) is 4.77. The van der Waals surface area contributed by atoms with Gasteiger partial charge in [0.25, 0.3) is 0 Å². The maximum Gasteiger partial charge on any atom is 0.220 e. The molecule has 4 rings (SSSR count). The van der Waals surface area contributed by atoms with Crippen molar-refractivity contribution in [2.75, 3.05) is 6.54 Å². The van der Waals surface area contributed by atoms with Crippen LogP contribution in [0.4, 0.5) is 0 Å². The number of carbonyl (C=O) groups is 1. The third kappa shape index (κ3) is 3.02. The number of carbonyl (C=O) groups excluding carboxylic acids is 1. The highest BCUT2D eigenvalue weighted by molar-refractivity contribution is 5.77. The van der Waals surface area contributed by atoms with Gasteiger partial charge in [0.2, 0.25) is 5.91 Å². The fraction of sp³-hybridized carbons (Fsp3) is 0.304. The smallest absolute Gasteiger partial charge is 0.220 e. The highest BCUT2D eigenvalue weighted by atomic mass is 16.3. The van der Waals surface area contributed by atoms with E-state index in [1.165, 1.54) is 11.1 Å². The van der Waals surface area contributed by atoms with E-state index in [4.69, 9.17) is 0 Å². The van der Waals surface area contributed by atoms with Crippen molar-refractivity contribution in [1.82, 2.24) is 14.9 Å². The second kappa shape index (κ2) is 7.24. The number of aliphatic hydroxyl groups is 1. The lowest BCUT2D eigenvalue weighted by Gasteiger charge is -2.33. The van der Waals surface area contributed by atoms with Crippen molar-refractivity contribution >= 4 is 5.91 Å². The van der Waals surface area contributed by atoms with Crippen LogP contribution in [0.1, 0.15) is 36.5 Å². The van der Waals surface area contributed by atoms with Gasteiger partial charge in [-0.15, -0.1) is 0 Å². The van der Waals surface area contributed by atoms with Gasteiger partial charge in [0, 0.05) is 30.9 Å². The minimum absolute atomic E-state index is 0.0570. The van der Waals surface area contributed by atoms with Crippen LogP contribution in [0.15, 0.2) is 60.9 Å². The van der Waals surface area contributed by atoms with E-state index in [-0.39, 0.29) is 12.5 Å². The third-order valence-corrected chi connectivity index (χ3v) is 5.50. The second-order valence-corrected chi connectivity index (χ2v) is 7.55. The summed E-state index contributed by atoms with van der Waals surface area (Å²) in [6, 6.07) is 16.8. The normalized spacial score (nSPS) is 18.4. The second-order valence-electron chi connectivity index (χ2n) is 7.55. The molecule has 1 aromatic heterocycles. The maximum absolute atomic E-state index is 12.4. The van der Waals surface area contributed by atoms with Crippen molar-refractivity contribution in [1.29, 1.82) is 0 Å². The number of imidazole rings is 1. The number of aromatic nitrogens is 2. The Labute approximate surface area is 165 Å². The molecule has 0 saturated carbocycles. The van der Waals surface area contributed by atoms with E-state index in [1.54, 1.807) is 6.92 Å². The van der Waals surface area contributed by atoms with Crippen LogP contribution in [0.25, 0.3) is 11.4 Å². The summed E-state index contributed by atoms with van der Waals surface area (Å²) in [4.78, 5) is 17.0. The zero-order valence-corrected chi connectivity index (χ0v) is 16.2. The van der Waals surface area contributed by atoms with Crippen LogP contribution in [0.3, 0.4) is 0 Å². The number of rotatable bonds is 6. The molecule has 2 aromatic carbocycles. The Hall–Kier alpha value is -2.92. The number of amides is 1. The minimum Gasteiger partial charge on any atom is -0.392 e. The quantitative estimate of drug-likeness (QED) is 0.695. The Morgan fingerprint density at radius 2 is 1.96 bits per heavy atom. The van der Waals surface area contributed by atoms with E-state index in [9.17, 15) is 9.90 Å². The number of nitrogens with one attached hydrogen (secondary N) is 1. The summed E-state index contributed by atoms with van der Waals surface area (Å²) in [5, 5.41) is 12.3. The summed E-state index contributed by atoms with van der Waals surface area (Å²) in [6.45, 7) is 4.01. The van der Waals surface area contributed by atoms with Gasteiger partial charge in [-0.3, -0.25) is 4.79 Å². The number of hydrogen-bond donors (Lipinski definition) is 2. The molecule has 1 amide bonds. The molecule has 0 fully saturated rings. The summed E-state index contributed by atoms with van der Waals surface area (Å²) in [5.74, 6) is 0.874. The van der Waals surface area contributed by atoms with Crippen LogP contribution >= 0.6 is 0 Å². The van der Waals surface area contributed by atoms with E-state index >= 15 is 0 Å². The van der Waals surface area contributed by atoms with Crippen molar-refractivity contribution < 1.29 is 9.90 Å². The van der Waals surface area contributed by atoms with Crippen molar-refractivity contribution in [3.05, 3.63) is 77.6 Å². The fourth-order valence-electron chi connectivity index (χ4n) is 4.15. The molecular formula is C23H25N3O2. The summed E-state index contributed by atoms with van der Waals surface area (Å²) >= 11 is 0. The highest BCUT2D eigenvalue weighted by Gasteiger charge is 2.44. The summed E-state index contributed by atoms with van der Waals surface area (Å²) in [6.07, 6.45) is 4.24. The van der Waals surface area contributed by atoms with Gasteiger partial charge in [-0.05, 0) is 31.4 Å². The molecule has 0 bridgehead atoms. The summed E-state index contributed by atoms with van der Waals surface area (Å²) in [5.41, 5.74) is 4.15. The van der Waals surface area contributed by atoms with Crippen LogP contribution in [-0.4, -0.2) is 33.2 Å². The molecule has 2 N–H and O–H groups in total. The van der Waals surface area contributed by atoms with Crippen LogP contribution in [-0.2, 0) is 10.3 Å². The van der Waals surface area contributed by atoms with E-state index < -0.39 is 11.6 Å². The molecule has 0 aliphatic carbocycles. The minimum atomic E-state index is -0.553. The van der Waals surface area contributed by atoms with Gasteiger partial charge in [-0.2, -0.15) is 0 Å². The molecule has 1 aliphatic rings. The molecule has 2 unspecified atom stereocenters. The first kappa shape index (κ1) is 18.4. The Morgan fingerprint density at radius 3 is 2.71 bits per heavy atom. The first-order chi connectivity index (χ1) is 13.5. The topological polar surface area (TPSA) is 67.2 Å². The van der Waals surface area contributed by atoms with Crippen molar-refractivity contribution in [3.63, 3.8) is 0 Å². The monoisotopic (exact) mass is 375 g/mol. The Balaban J connectivity index is 1.78. The lowest BCUT2D eigenvalue weighted by atomic mass is 9.79. The third-order valence-electron chi connectivity index (χ3n) is 5.50. The average molecular weight is 375 g/mol. The summed E-state index contributed by atoms with van der Waals surface area (Å²) < 4.78 is 2.20. The lowest BCUT2D eigenvalue weighted by Crippen LogP contribution is -2.36. The van der Waals surface area contributed by atoms with Gasteiger partial charge in [0.15, 0.2) is 0 Å². The lowest BCUT2D eigenvalue weighted by molar-refractivity contribution is -0.121. The zero-order valence-electron chi connectivity index (χ0n) is 16.2. The fourth-order valence-corrected chi connectivity index (χ4v) is 4.15. The molecule has 2 heterocycles. The van der Waals surface area contributed by atoms with Crippen molar-refractivity contribution in [3.8, 4) is 11.4 Å². The van der Waals surface area contributed by atoms with E-state index in [0.29, 0.717) is 12.8 Å². The zero-order chi connectivity index (χ0) is 19.7. The van der Waals surface area contributed by atoms with Gasteiger partial charge >= 0.3 is 0 Å². The molecule has 5 heteroatoms. The average Bonchev–Trinajstić information content (AvgIpc) is 3.27. The number of aryl methyl sites for hydroxylation is 1. The van der Waals surface area contributed by atoms with Gasteiger partial charge < -0.3 is 15.0 Å². The SMILES string of the molecule is Cc1ccc(C2(CCC(=O)NCC(C)O)c3ccccc3-c3nccn32)cc1. The van der Waals surface area contributed by atoms with E-state index in [2.05, 4.69) is 58.2 Å². The molecule has 3 aromatic rings. The first-order valence-electron chi connectivity index (χ1n) is 9.68. The van der Waals surface area contributed by atoms with Crippen LogP contribution in [0.5, 0.6) is 0 Å². The van der Waals surface area contributed by atoms with Gasteiger partial charge in [0.05, 0.1) is 11.6 Å². The van der Waals surface area contributed by atoms with Crippen molar-refractivity contribution in [2.45, 2.75) is 38.3 Å². The van der Waals surface area contributed by atoms with Gasteiger partial charge in [0.1, 0.15) is 5.82 Å². The molecule has 0 saturated heterocycles. The summed E-state index contributed by atoms with van der Waals surface area (Å²) in [7, 11) is 0. The number of aliphatic hydroxyl groups excluding tert-OH is 1. The molecule has 5 nitrogen and oxygen atoms in total. The standard InChI is InChI=1S/C23H25N3O2/c1-16-7-9-18(10-8-16)23(12-11-21(28)25-15-17(2)27)20-6-4-3-5-19(20)22-24-13-14-26(22)23/h3-10,13-14,17,27H,11-12,15H2,1-2H3,(H,25,28). The highest BCUT2D eigenvalue weighted by Crippen LogP contribution is 2.49. The van der Waals surface area contributed by atoms with Gasteiger partial charge in [-0.25, -0.2) is 4.98 Å². The predicted molar refractivity (Wildman–Crippen MR) is 109 cm³/mol. The molecule has 0 spiro atoms. The molecule has 2 atom stereocenters. The number of fused-ring (bicyclic) bond motifs is 3.